The molecule has 0 radical (unpaired) electrons. The number of aliphatic hydroxyl groups excluding tert-OH is 1. The summed E-state index contributed by atoms with van der Waals surface area (Å²) in [6.07, 6.45) is 0.251. The number of rotatable bonds is 2. The third kappa shape index (κ3) is 2.18. The van der Waals surface area contributed by atoms with Gasteiger partial charge in [0.15, 0.2) is 11.5 Å². The second-order valence-electron chi connectivity index (χ2n) is 4.06. The van der Waals surface area contributed by atoms with E-state index in [1.165, 1.54) is 0 Å². The third-order valence-corrected chi connectivity index (χ3v) is 3.44. The molecule has 1 heterocycles. The van der Waals surface area contributed by atoms with Crippen molar-refractivity contribution in [3.05, 3.63) is 21.7 Å². The number of halogens is 1. The van der Waals surface area contributed by atoms with E-state index in [4.69, 9.17) is 9.47 Å². The summed E-state index contributed by atoms with van der Waals surface area (Å²) in [6, 6.07) is 1.97. The molecule has 1 atom stereocenters. The van der Waals surface area contributed by atoms with Crippen LogP contribution in [-0.2, 0) is 6.42 Å². The van der Waals surface area contributed by atoms with Crippen molar-refractivity contribution in [3.63, 3.8) is 0 Å². The third-order valence-electron chi connectivity index (χ3n) is 2.60. The highest BCUT2D eigenvalue weighted by atomic mass is 79.9. The van der Waals surface area contributed by atoms with Crippen LogP contribution in [0.3, 0.4) is 0 Å². The number of aliphatic hydroxyl groups is 1. The van der Waals surface area contributed by atoms with Gasteiger partial charge < -0.3 is 14.6 Å². The zero-order chi connectivity index (χ0) is 11.7. The van der Waals surface area contributed by atoms with E-state index in [-0.39, 0.29) is 6.10 Å². The van der Waals surface area contributed by atoms with Crippen molar-refractivity contribution in [2.45, 2.75) is 26.4 Å². The highest BCUT2D eigenvalue weighted by molar-refractivity contribution is 9.10. The van der Waals surface area contributed by atoms with Crippen molar-refractivity contribution in [3.8, 4) is 11.5 Å². The Morgan fingerprint density at radius 2 is 2.12 bits per heavy atom. The molecule has 0 aromatic heterocycles. The minimum atomic E-state index is -0.363. The van der Waals surface area contributed by atoms with Crippen molar-refractivity contribution < 1.29 is 14.6 Å². The van der Waals surface area contributed by atoms with E-state index in [1.807, 2.05) is 13.0 Å². The van der Waals surface area contributed by atoms with Gasteiger partial charge in [0.25, 0.3) is 0 Å². The lowest BCUT2D eigenvalue weighted by atomic mass is 10.0. The van der Waals surface area contributed by atoms with Gasteiger partial charge in [0, 0.05) is 0 Å². The molecule has 0 saturated heterocycles. The SMILES string of the molecule is Cc1cc2c(c(Br)c1CC(C)O)OCCO2. The van der Waals surface area contributed by atoms with Gasteiger partial charge in [-0.05, 0) is 53.4 Å². The predicted molar refractivity (Wildman–Crippen MR) is 65.3 cm³/mol. The van der Waals surface area contributed by atoms with Gasteiger partial charge in [0.05, 0.1) is 10.6 Å². The van der Waals surface area contributed by atoms with E-state index in [2.05, 4.69) is 15.9 Å². The summed E-state index contributed by atoms with van der Waals surface area (Å²) in [5.41, 5.74) is 2.19. The van der Waals surface area contributed by atoms with Crippen LogP contribution in [0, 0.1) is 6.92 Å². The molecule has 1 aromatic carbocycles. The summed E-state index contributed by atoms with van der Waals surface area (Å²) in [7, 11) is 0. The standard InChI is InChI=1S/C12H15BrO3/c1-7-5-10-12(16-4-3-15-10)11(13)9(7)6-8(2)14/h5,8,14H,3-4,6H2,1-2H3. The van der Waals surface area contributed by atoms with E-state index >= 15 is 0 Å². The molecular weight excluding hydrogens is 272 g/mol. The Morgan fingerprint density at radius 3 is 2.81 bits per heavy atom. The van der Waals surface area contributed by atoms with Gasteiger partial charge in [-0.2, -0.15) is 0 Å². The van der Waals surface area contributed by atoms with Gasteiger partial charge in [-0.1, -0.05) is 0 Å². The molecule has 0 spiro atoms. The minimum Gasteiger partial charge on any atom is -0.486 e. The zero-order valence-electron chi connectivity index (χ0n) is 9.42. The van der Waals surface area contributed by atoms with Crippen molar-refractivity contribution in [2.24, 2.45) is 0 Å². The molecule has 88 valence electrons. The largest absolute Gasteiger partial charge is 0.486 e. The summed E-state index contributed by atoms with van der Waals surface area (Å²) in [5, 5.41) is 9.47. The Morgan fingerprint density at radius 1 is 1.44 bits per heavy atom. The number of ether oxygens (including phenoxy) is 2. The Labute approximate surface area is 104 Å². The van der Waals surface area contributed by atoms with E-state index < -0.39 is 0 Å². The molecule has 0 saturated carbocycles. The van der Waals surface area contributed by atoms with Crippen LogP contribution in [0.1, 0.15) is 18.1 Å². The molecule has 1 unspecified atom stereocenters. The first-order chi connectivity index (χ1) is 7.59. The quantitative estimate of drug-likeness (QED) is 0.908. The van der Waals surface area contributed by atoms with Gasteiger partial charge in [-0.25, -0.2) is 0 Å². The van der Waals surface area contributed by atoms with Crippen LogP contribution >= 0.6 is 15.9 Å². The Balaban J connectivity index is 2.45. The molecular formula is C12H15BrO3. The molecule has 2 rings (SSSR count). The second-order valence-corrected chi connectivity index (χ2v) is 4.86. The van der Waals surface area contributed by atoms with Crippen LogP contribution in [0.25, 0.3) is 0 Å². The zero-order valence-corrected chi connectivity index (χ0v) is 11.0. The lowest BCUT2D eigenvalue weighted by molar-refractivity contribution is 0.169. The van der Waals surface area contributed by atoms with Crippen molar-refractivity contribution in [1.29, 1.82) is 0 Å². The van der Waals surface area contributed by atoms with Crippen LogP contribution in [0.15, 0.2) is 10.5 Å². The van der Waals surface area contributed by atoms with Gasteiger partial charge in [0.1, 0.15) is 13.2 Å². The molecule has 16 heavy (non-hydrogen) atoms. The van der Waals surface area contributed by atoms with E-state index in [1.54, 1.807) is 6.92 Å². The van der Waals surface area contributed by atoms with Crippen molar-refractivity contribution in [1.82, 2.24) is 0 Å². The van der Waals surface area contributed by atoms with Crippen LogP contribution in [-0.4, -0.2) is 24.4 Å². The molecule has 1 N–H and O–H groups in total. The highest BCUT2D eigenvalue weighted by Crippen LogP contribution is 2.41. The number of aryl methyl sites for hydroxylation is 1. The number of hydrogen-bond donors (Lipinski definition) is 1. The fraction of sp³-hybridized carbons (Fsp3) is 0.500. The van der Waals surface area contributed by atoms with Crippen molar-refractivity contribution in [2.75, 3.05) is 13.2 Å². The summed E-state index contributed by atoms with van der Waals surface area (Å²) in [6.45, 7) is 4.96. The van der Waals surface area contributed by atoms with Gasteiger partial charge in [0.2, 0.25) is 0 Å². The topological polar surface area (TPSA) is 38.7 Å². The second kappa shape index (κ2) is 4.63. The maximum atomic E-state index is 9.47. The average molecular weight is 287 g/mol. The van der Waals surface area contributed by atoms with Crippen LogP contribution < -0.4 is 9.47 Å². The minimum absolute atomic E-state index is 0.363. The lowest BCUT2D eigenvalue weighted by Crippen LogP contribution is -2.17. The van der Waals surface area contributed by atoms with Gasteiger partial charge in [-0.15, -0.1) is 0 Å². The molecule has 1 aromatic rings. The summed E-state index contributed by atoms with van der Waals surface area (Å²) < 4.78 is 12.0. The number of hydrogen-bond acceptors (Lipinski definition) is 3. The molecule has 0 amide bonds. The maximum Gasteiger partial charge on any atom is 0.175 e. The average Bonchev–Trinajstić information content (AvgIpc) is 2.24. The smallest absolute Gasteiger partial charge is 0.175 e. The number of fused-ring (bicyclic) bond motifs is 1. The monoisotopic (exact) mass is 286 g/mol. The van der Waals surface area contributed by atoms with Gasteiger partial charge >= 0.3 is 0 Å². The Kier molecular flexibility index (Phi) is 3.40. The molecule has 3 nitrogen and oxygen atoms in total. The first kappa shape index (κ1) is 11.7. The van der Waals surface area contributed by atoms with Gasteiger partial charge in [-0.3, -0.25) is 0 Å². The molecule has 4 heteroatoms. The number of benzene rings is 1. The lowest BCUT2D eigenvalue weighted by Gasteiger charge is -2.22. The van der Waals surface area contributed by atoms with E-state index in [0.717, 1.165) is 27.1 Å². The molecule has 1 aliphatic heterocycles. The molecule has 1 aliphatic rings. The maximum absolute atomic E-state index is 9.47. The van der Waals surface area contributed by atoms with Crippen LogP contribution in [0.4, 0.5) is 0 Å². The van der Waals surface area contributed by atoms with Crippen LogP contribution in [0.2, 0.25) is 0 Å². The summed E-state index contributed by atoms with van der Waals surface area (Å²) in [5.74, 6) is 1.54. The fourth-order valence-electron chi connectivity index (χ4n) is 1.85. The normalized spacial score (nSPS) is 16.0. The predicted octanol–water partition coefficient (Wildman–Crippen LogP) is 2.45. The fourth-order valence-corrected chi connectivity index (χ4v) is 2.64. The highest BCUT2D eigenvalue weighted by Gasteiger charge is 2.20. The molecule has 0 bridgehead atoms. The summed E-state index contributed by atoms with van der Waals surface area (Å²) >= 11 is 3.53. The Bertz CT molecular complexity index is 402. The first-order valence-electron chi connectivity index (χ1n) is 5.35. The van der Waals surface area contributed by atoms with Crippen molar-refractivity contribution >= 4 is 15.9 Å². The van der Waals surface area contributed by atoms with E-state index in [0.29, 0.717) is 19.6 Å². The van der Waals surface area contributed by atoms with Crippen LogP contribution in [0.5, 0.6) is 11.5 Å². The first-order valence-corrected chi connectivity index (χ1v) is 6.14. The molecule has 0 fully saturated rings. The molecule has 0 aliphatic carbocycles. The Hall–Kier alpha value is -0.740. The van der Waals surface area contributed by atoms with E-state index in [9.17, 15) is 5.11 Å². The summed E-state index contributed by atoms with van der Waals surface area (Å²) in [4.78, 5) is 0.